The average molecular weight is 265 g/mol. The Morgan fingerprint density at radius 1 is 1.26 bits per heavy atom. The molecule has 0 aliphatic carbocycles. The van der Waals surface area contributed by atoms with Crippen LogP contribution in [0.25, 0.3) is 0 Å². The summed E-state index contributed by atoms with van der Waals surface area (Å²) < 4.78 is 5.19. The van der Waals surface area contributed by atoms with Gasteiger partial charge in [-0.25, -0.2) is 0 Å². The van der Waals surface area contributed by atoms with Gasteiger partial charge in [-0.2, -0.15) is 0 Å². The fraction of sp³-hybridized carbons (Fsp3) is 0.429. The zero-order valence-corrected chi connectivity index (χ0v) is 11.4. The summed E-state index contributed by atoms with van der Waals surface area (Å²) in [6.45, 7) is 4.21. The van der Waals surface area contributed by atoms with Gasteiger partial charge in [0.2, 0.25) is 0 Å². The molecule has 0 aliphatic rings. The van der Waals surface area contributed by atoms with Crippen molar-refractivity contribution >= 4 is 11.9 Å². The number of methoxy groups -OCH3 is 1. The first-order valence-corrected chi connectivity index (χ1v) is 6.11. The second kappa shape index (κ2) is 6.78. The highest BCUT2D eigenvalue weighted by Crippen LogP contribution is 2.22. The summed E-state index contributed by atoms with van der Waals surface area (Å²) in [7, 11) is 1.52. The molecular weight excluding hydrogens is 246 g/mol. The van der Waals surface area contributed by atoms with E-state index in [4.69, 9.17) is 9.84 Å². The van der Waals surface area contributed by atoms with Crippen LogP contribution in [0, 0.1) is 13.8 Å². The van der Waals surface area contributed by atoms with Crippen molar-refractivity contribution in [3.05, 3.63) is 28.8 Å². The minimum atomic E-state index is -0.863. The van der Waals surface area contributed by atoms with E-state index < -0.39 is 5.97 Å². The lowest BCUT2D eigenvalue weighted by Gasteiger charge is -2.11. The minimum absolute atomic E-state index is 0.0460. The van der Waals surface area contributed by atoms with E-state index in [1.807, 2.05) is 19.9 Å². The van der Waals surface area contributed by atoms with Gasteiger partial charge in [0, 0.05) is 13.0 Å². The van der Waals surface area contributed by atoms with Gasteiger partial charge in [-0.3, -0.25) is 9.59 Å². The Balaban J connectivity index is 2.71. The summed E-state index contributed by atoms with van der Waals surface area (Å²) in [6, 6.07) is 3.60. The summed E-state index contributed by atoms with van der Waals surface area (Å²) >= 11 is 0. The second-order valence-electron chi connectivity index (χ2n) is 4.39. The van der Waals surface area contributed by atoms with Crippen LogP contribution in [0.3, 0.4) is 0 Å². The quantitative estimate of drug-likeness (QED) is 0.770. The fourth-order valence-corrected chi connectivity index (χ4v) is 1.67. The van der Waals surface area contributed by atoms with Gasteiger partial charge in [-0.05, 0) is 43.5 Å². The predicted octanol–water partition coefficient (Wildman–Crippen LogP) is 1.91. The molecule has 0 aromatic heterocycles. The average Bonchev–Trinajstić information content (AvgIpc) is 2.36. The number of hydrogen-bond acceptors (Lipinski definition) is 3. The summed E-state index contributed by atoms with van der Waals surface area (Å²) in [5.74, 6) is -0.581. The Bertz CT molecular complexity index is 483. The maximum Gasteiger partial charge on any atom is 0.303 e. The molecule has 5 nitrogen and oxygen atoms in total. The minimum Gasteiger partial charge on any atom is -0.496 e. The number of nitrogens with one attached hydrogen (secondary N) is 1. The SMILES string of the molecule is COc1cc(C)c(C)cc1C(=O)NCCCC(=O)O. The molecule has 5 heteroatoms. The van der Waals surface area contributed by atoms with Gasteiger partial charge in [-0.15, -0.1) is 0 Å². The van der Waals surface area contributed by atoms with Crippen molar-refractivity contribution in [2.45, 2.75) is 26.7 Å². The summed E-state index contributed by atoms with van der Waals surface area (Å²) in [6.07, 6.45) is 0.457. The van der Waals surface area contributed by atoms with Crippen LogP contribution in [0.1, 0.15) is 34.3 Å². The Labute approximate surface area is 112 Å². The summed E-state index contributed by atoms with van der Waals surface area (Å²) in [5.41, 5.74) is 2.54. The Morgan fingerprint density at radius 2 is 1.89 bits per heavy atom. The molecule has 104 valence electrons. The standard InChI is InChI=1S/C14H19NO4/c1-9-7-11(12(19-3)8-10(9)2)14(18)15-6-4-5-13(16)17/h7-8H,4-6H2,1-3H3,(H,15,18)(H,16,17). The van der Waals surface area contributed by atoms with E-state index in [0.29, 0.717) is 24.3 Å². The van der Waals surface area contributed by atoms with E-state index in [9.17, 15) is 9.59 Å². The van der Waals surface area contributed by atoms with Crippen molar-refractivity contribution in [1.82, 2.24) is 5.32 Å². The van der Waals surface area contributed by atoms with Crippen LogP contribution in [0.5, 0.6) is 5.75 Å². The van der Waals surface area contributed by atoms with Crippen LogP contribution in [-0.2, 0) is 4.79 Å². The van der Waals surface area contributed by atoms with E-state index >= 15 is 0 Å². The van der Waals surface area contributed by atoms with Gasteiger partial charge in [0.05, 0.1) is 12.7 Å². The highest BCUT2D eigenvalue weighted by atomic mass is 16.5. The van der Waals surface area contributed by atoms with Crippen LogP contribution >= 0.6 is 0 Å². The van der Waals surface area contributed by atoms with Crippen LogP contribution in [-0.4, -0.2) is 30.6 Å². The van der Waals surface area contributed by atoms with Gasteiger partial charge in [0.15, 0.2) is 0 Å². The van der Waals surface area contributed by atoms with Gasteiger partial charge in [-0.1, -0.05) is 0 Å². The molecule has 1 aromatic rings. The van der Waals surface area contributed by atoms with E-state index in [0.717, 1.165) is 11.1 Å². The lowest BCUT2D eigenvalue weighted by Crippen LogP contribution is -2.25. The molecule has 0 unspecified atom stereocenters. The monoisotopic (exact) mass is 265 g/mol. The number of benzene rings is 1. The first-order valence-electron chi connectivity index (χ1n) is 6.11. The first-order chi connectivity index (χ1) is 8.95. The van der Waals surface area contributed by atoms with Gasteiger partial charge in [0.25, 0.3) is 5.91 Å². The second-order valence-corrected chi connectivity index (χ2v) is 4.39. The molecule has 0 bridgehead atoms. The number of amides is 1. The molecule has 1 rings (SSSR count). The van der Waals surface area contributed by atoms with Crippen molar-refractivity contribution in [2.75, 3.05) is 13.7 Å². The van der Waals surface area contributed by atoms with Crippen molar-refractivity contribution in [2.24, 2.45) is 0 Å². The number of ether oxygens (including phenoxy) is 1. The lowest BCUT2D eigenvalue weighted by atomic mass is 10.0. The van der Waals surface area contributed by atoms with E-state index in [1.165, 1.54) is 7.11 Å². The number of carboxylic acid groups (broad SMARTS) is 1. The highest BCUT2D eigenvalue weighted by molar-refractivity contribution is 5.97. The van der Waals surface area contributed by atoms with Gasteiger partial charge in [0.1, 0.15) is 5.75 Å². The van der Waals surface area contributed by atoms with Gasteiger partial charge < -0.3 is 15.2 Å². The molecule has 1 amide bonds. The number of hydrogen-bond donors (Lipinski definition) is 2. The zero-order chi connectivity index (χ0) is 14.4. The maximum absolute atomic E-state index is 12.0. The van der Waals surface area contributed by atoms with Crippen LogP contribution in [0.15, 0.2) is 12.1 Å². The smallest absolute Gasteiger partial charge is 0.303 e. The molecule has 0 saturated carbocycles. The van der Waals surface area contributed by atoms with Crippen molar-refractivity contribution in [3.8, 4) is 5.75 Å². The van der Waals surface area contributed by atoms with Crippen molar-refractivity contribution in [1.29, 1.82) is 0 Å². The van der Waals surface area contributed by atoms with E-state index in [-0.39, 0.29) is 12.3 Å². The Kier molecular flexibility index (Phi) is 5.36. The number of aryl methyl sites for hydroxylation is 2. The number of carboxylic acids is 1. The lowest BCUT2D eigenvalue weighted by molar-refractivity contribution is -0.137. The van der Waals surface area contributed by atoms with E-state index in [1.54, 1.807) is 6.07 Å². The number of aliphatic carboxylic acids is 1. The molecule has 2 N–H and O–H groups in total. The molecule has 0 saturated heterocycles. The van der Waals surface area contributed by atoms with Crippen LogP contribution in [0.4, 0.5) is 0 Å². The number of rotatable bonds is 6. The predicted molar refractivity (Wildman–Crippen MR) is 71.7 cm³/mol. The summed E-state index contributed by atoms with van der Waals surface area (Å²) in [5, 5.41) is 11.2. The molecule has 0 radical (unpaired) electrons. The van der Waals surface area contributed by atoms with E-state index in [2.05, 4.69) is 5.32 Å². The van der Waals surface area contributed by atoms with Gasteiger partial charge >= 0.3 is 5.97 Å². The third kappa shape index (κ3) is 4.28. The van der Waals surface area contributed by atoms with Crippen LogP contribution in [0.2, 0.25) is 0 Å². The number of carbonyl (C=O) groups excluding carboxylic acids is 1. The molecule has 0 aliphatic heterocycles. The zero-order valence-electron chi connectivity index (χ0n) is 11.4. The third-order valence-electron chi connectivity index (χ3n) is 2.91. The normalized spacial score (nSPS) is 10.1. The first kappa shape index (κ1) is 15.0. The van der Waals surface area contributed by atoms with Crippen molar-refractivity contribution < 1.29 is 19.4 Å². The largest absolute Gasteiger partial charge is 0.496 e. The Hall–Kier alpha value is -2.04. The van der Waals surface area contributed by atoms with Crippen molar-refractivity contribution in [3.63, 3.8) is 0 Å². The Morgan fingerprint density at radius 3 is 2.47 bits per heavy atom. The third-order valence-corrected chi connectivity index (χ3v) is 2.91. The number of carbonyl (C=O) groups is 2. The summed E-state index contributed by atoms with van der Waals surface area (Å²) in [4.78, 5) is 22.4. The molecule has 19 heavy (non-hydrogen) atoms. The maximum atomic E-state index is 12.0. The molecule has 0 atom stereocenters. The highest BCUT2D eigenvalue weighted by Gasteiger charge is 2.13. The molecule has 0 heterocycles. The topological polar surface area (TPSA) is 75.6 Å². The van der Waals surface area contributed by atoms with Crippen LogP contribution < -0.4 is 10.1 Å². The molecule has 0 fully saturated rings. The molecule has 0 spiro atoms. The molecule has 1 aromatic carbocycles. The fourth-order valence-electron chi connectivity index (χ4n) is 1.67. The molecular formula is C14H19NO4.